The number of nitrogens with one attached hydrogen (secondary N) is 2. The summed E-state index contributed by atoms with van der Waals surface area (Å²) < 4.78 is 57.0. The van der Waals surface area contributed by atoms with E-state index in [-0.39, 0.29) is 33.1 Å². The van der Waals surface area contributed by atoms with Gasteiger partial charge in [-0.15, -0.1) is 0 Å². The summed E-state index contributed by atoms with van der Waals surface area (Å²) in [5, 5.41) is 14.8. The predicted molar refractivity (Wildman–Crippen MR) is 113 cm³/mol. The lowest BCUT2D eigenvalue weighted by molar-refractivity contribution is -0.138. The largest absolute Gasteiger partial charge is 0.478 e. The smallest absolute Gasteiger partial charge is 0.416 e. The summed E-state index contributed by atoms with van der Waals surface area (Å²) in [5.74, 6) is -3.27. The first-order chi connectivity index (χ1) is 15.4. The van der Waals surface area contributed by atoms with Crippen molar-refractivity contribution in [3.8, 4) is 0 Å². The van der Waals surface area contributed by atoms with Crippen LogP contribution in [0.25, 0.3) is 0 Å². The van der Waals surface area contributed by atoms with Gasteiger partial charge in [0.25, 0.3) is 0 Å². The molecule has 5 N–H and O–H groups in total. The van der Waals surface area contributed by atoms with Gasteiger partial charge in [0.05, 0.1) is 28.1 Å². The van der Waals surface area contributed by atoms with Crippen molar-refractivity contribution in [2.24, 2.45) is 5.73 Å². The number of hydrogen-bond acceptors (Lipinski definition) is 4. The number of nitrogens with two attached hydrogens (primary N) is 1. The van der Waals surface area contributed by atoms with E-state index in [0.29, 0.717) is 0 Å². The lowest BCUT2D eigenvalue weighted by Crippen LogP contribution is -2.43. The number of anilines is 2. The summed E-state index contributed by atoms with van der Waals surface area (Å²) in [4.78, 5) is 22.9. The molecule has 1 aliphatic heterocycles. The van der Waals surface area contributed by atoms with Crippen molar-refractivity contribution in [3.63, 3.8) is 0 Å². The van der Waals surface area contributed by atoms with Crippen molar-refractivity contribution in [1.29, 1.82) is 0 Å². The van der Waals surface area contributed by atoms with Crippen LogP contribution in [-0.4, -0.2) is 17.0 Å². The number of rotatable bonds is 4. The van der Waals surface area contributed by atoms with Gasteiger partial charge in [-0.05, 0) is 42.5 Å². The fourth-order valence-corrected chi connectivity index (χ4v) is 4.16. The maximum Gasteiger partial charge on any atom is 0.416 e. The minimum Gasteiger partial charge on any atom is -0.478 e. The van der Waals surface area contributed by atoms with Crippen LogP contribution in [0.1, 0.15) is 37.4 Å². The third kappa shape index (κ3) is 3.72. The first-order valence-electron chi connectivity index (χ1n) is 9.34. The first kappa shape index (κ1) is 22.4. The van der Waals surface area contributed by atoms with Crippen LogP contribution in [0.15, 0.2) is 54.6 Å². The normalized spacial score (nSPS) is 17.1. The highest BCUT2D eigenvalue weighted by Crippen LogP contribution is 2.49. The molecule has 0 radical (unpaired) electrons. The Balaban J connectivity index is 2.03. The van der Waals surface area contributed by atoms with Crippen LogP contribution in [-0.2, 0) is 11.8 Å². The molecular weight excluding hydrogens is 466 g/mol. The van der Waals surface area contributed by atoms with Gasteiger partial charge in [0.2, 0.25) is 5.91 Å². The summed E-state index contributed by atoms with van der Waals surface area (Å²) in [7, 11) is 0. The molecule has 0 saturated heterocycles. The standard InChI is InChI=1S/C22H14ClF4N3O3/c23-14-8-10(19(28)31)4-6-12(14)21(18-13(22(25,26)27)2-1-3-15(18)24)29-16-7-5-11(20(32)33)9-17(16)30-21/h1-9,29-30H,(H2,28,31)(H,32,33). The zero-order valence-electron chi connectivity index (χ0n) is 16.4. The summed E-state index contributed by atoms with van der Waals surface area (Å²) in [5.41, 5.74) is 1.22. The maximum atomic E-state index is 15.1. The number of carboxylic acid groups (broad SMARTS) is 1. The van der Waals surface area contributed by atoms with Gasteiger partial charge in [-0.2, -0.15) is 13.2 Å². The van der Waals surface area contributed by atoms with Crippen LogP contribution < -0.4 is 16.4 Å². The van der Waals surface area contributed by atoms with Gasteiger partial charge >= 0.3 is 12.1 Å². The third-order valence-electron chi connectivity index (χ3n) is 5.26. The Morgan fingerprint density at radius 2 is 1.64 bits per heavy atom. The van der Waals surface area contributed by atoms with Gasteiger partial charge in [-0.1, -0.05) is 23.7 Å². The molecule has 0 bridgehead atoms. The van der Waals surface area contributed by atoms with E-state index in [1.165, 1.54) is 30.3 Å². The van der Waals surface area contributed by atoms with Gasteiger partial charge in [-0.3, -0.25) is 4.79 Å². The zero-order valence-corrected chi connectivity index (χ0v) is 17.2. The van der Waals surface area contributed by atoms with E-state index in [1.807, 2.05) is 0 Å². The summed E-state index contributed by atoms with van der Waals surface area (Å²) >= 11 is 6.35. The molecule has 1 atom stereocenters. The van der Waals surface area contributed by atoms with E-state index in [4.69, 9.17) is 17.3 Å². The van der Waals surface area contributed by atoms with Crippen molar-refractivity contribution in [3.05, 3.63) is 93.3 Å². The number of hydrogen-bond donors (Lipinski definition) is 4. The van der Waals surface area contributed by atoms with Gasteiger partial charge < -0.3 is 21.5 Å². The van der Waals surface area contributed by atoms with Crippen molar-refractivity contribution < 1.29 is 32.3 Å². The second-order valence-corrected chi connectivity index (χ2v) is 7.69. The molecule has 11 heteroatoms. The second-order valence-electron chi connectivity index (χ2n) is 7.28. The monoisotopic (exact) mass is 479 g/mol. The second kappa shape index (κ2) is 7.66. The molecule has 170 valence electrons. The molecule has 0 aromatic heterocycles. The highest BCUT2D eigenvalue weighted by molar-refractivity contribution is 6.32. The summed E-state index contributed by atoms with van der Waals surface area (Å²) in [6, 6.07) is 9.96. The minimum atomic E-state index is -4.94. The fraction of sp³-hybridized carbons (Fsp3) is 0.0909. The number of halogens is 5. The van der Waals surface area contributed by atoms with Crippen LogP contribution in [0, 0.1) is 5.82 Å². The Morgan fingerprint density at radius 1 is 0.970 bits per heavy atom. The molecule has 1 heterocycles. The molecule has 0 fully saturated rings. The van der Waals surface area contributed by atoms with Crippen LogP contribution in [0.5, 0.6) is 0 Å². The van der Waals surface area contributed by atoms with Crippen molar-refractivity contribution in [1.82, 2.24) is 0 Å². The number of benzene rings is 3. The van der Waals surface area contributed by atoms with E-state index < -0.39 is 40.7 Å². The average molecular weight is 480 g/mol. The maximum absolute atomic E-state index is 15.1. The molecule has 33 heavy (non-hydrogen) atoms. The van der Waals surface area contributed by atoms with E-state index in [9.17, 15) is 27.9 Å². The van der Waals surface area contributed by atoms with Gasteiger partial charge in [0.1, 0.15) is 5.82 Å². The van der Waals surface area contributed by atoms with Crippen molar-refractivity contribution in [2.75, 3.05) is 10.6 Å². The molecule has 3 aromatic rings. The van der Waals surface area contributed by atoms with E-state index in [1.54, 1.807) is 0 Å². The molecule has 1 amide bonds. The molecule has 1 aliphatic rings. The molecule has 1 unspecified atom stereocenters. The molecule has 0 aliphatic carbocycles. The Bertz CT molecular complexity index is 1310. The number of alkyl halides is 3. The van der Waals surface area contributed by atoms with Gasteiger partial charge in [0, 0.05) is 16.1 Å². The molecule has 0 spiro atoms. The fourth-order valence-electron chi connectivity index (χ4n) is 3.83. The Hall–Kier alpha value is -3.79. The quantitative estimate of drug-likeness (QED) is 0.393. The lowest BCUT2D eigenvalue weighted by Gasteiger charge is -2.35. The van der Waals surface area contributed by atoms with E-state index >= 15 is 4.39 Å². The predicted octanol–water partition coefficient (Wildman–Crippen LogP) is 5.03. The van der Waals surface area contributed by atoms with Crippen molar-refractivity contribution >= 4 is 34.9 Å². The third-order valence-corrected chi connectivity index (χ3v) is 5.58. The van der Waals surface area contributed by atoms with Gasteiger partial charge in [-0.25, -0.2) is 9.18 Å². The highest BCUT2D eigenvalue weighted by atomic mass is 35.5. The number of carbonyl (C=O) groups excluding carboxylic acids is 1. The van der Waals surface area contributed by atoms with E-state index in [0.717, 1.165) is 24.3 Å². The number of aromatic carboxylic acids is 1. The highest BCUT2D eigenvalue weighted by Gasteiger charge is 2.49. The summed E-state index contributed by atoms with van der Waals surface area (Å²) in [6.07, 6.45) is -4.94. The number of amides is 1. The topological polar surface area (TPSA) is 104 Å². The number of carboxylic acids is 1. The first-order valence-corrected chi connectivity index (χ1v) is 9.71. The van der Waals surface area contributed by atoms with Crippen LogP contribution >= 0.6 is 11.6 Å². The minimum absolute atomic E-state index is 0.00727. The van der Waals surface area contributed by atoms with Gasteiger partial charge in [0.15, 0.2) is 5.66 Å². The lowest BCUT2D eigenvalue weighted by atomic mass is 9.86. The molecule has 4 rings (SSSR count). The molecule has 0 saturated carbocycles. The summed E-state index contributed by atoms with van der Waals surface area (Å²) in [6.45, 7) is 0. The zero-order chi connectivity index (χ0) is 24.1. The van der Waals surface area contributed by atoms with E-state index in [2.05, 4.69) is 10.6 Å². The molecule has 3 aromatic carbocycles. The SMILES string of the molecule is NC(=O)c1ccc(C2(c3c(F)cccc3C(F)(F)F)Nc3ccc(C(=O)O)cc3N2)c(Cl)c1. The number of primary amides is 1. The Kier molecular flexibility index (Phi) is 5.20. The average Bonchev–Trinajstić information content (AvgIpc) is 3.11. The Labute approximate surface area is 189 Å². The van der Waals surface area contributed by atoms with Crippen LogP contribution in [0.2, 0.25) is 5.02 Å². The van der Waals surface area contributed by atoms with Crippen molar-refractivity contribution in [2.45, 2.75) is 11.8 Å². The Morgan fingerprint density at radius 3 is 2.24 bits per heavy atom. The molecule has 6 nitrogen and oxygen atoms in total. The number of fused-ring (bicyclic) bond motifs is 1. The van der Waals surface area contributed by atoms with Crippen LogP contribution in [0.3, 0.4) is 0 Å². The molecular formula is C22H14ClF4N3O3. The van der Waals surface area contributed by atoms with Crippen LogP contribution in [0.4, 0.5) is 28.9 Å². The number of carbonyl (C=O) groups is 2.